The van der Waals surface area contributed by atoms with Crippen LogP contribution in [-0.4, -0.2) is 33.3 Å². The summed E-state index contributed by atoms with van der Waals surface area (Å²) < 4.78 is 5.62. The summed E-state index contributed by atoms with van der Waals surface area (Å²) in [5.74, 6) is 0.762. The summed E-state index contributed by atoms with van der Waals surface area (Å²) in [5, 5.41) is 15.5. The highest BCUT2D eigenvalue weighted by Crippen LogP contribution is 2.26. The summed E-state index contributed by atoms with van der Waals surface area (Å²) in [6, 6.07) is 11.6. The van der Waals surface area contributed by atoms with Crippen LogP contribution in [0.3, 0.4) is 0 Å². The van der Waals surface area contributed by atoms with E-state index in [9.17, 15) is 9.90 Å². The number of pyridine rings is 1. The molecule has 4 rings (SSSR count). The van der Waals surface area contributed by atoms with Gasteiger partial charge in [0.05, 0.1) is 0 Å². The van der Waals surface area contributed by atoms with E-state index in [1.807, 2.05) is 0 Å². The maximum absolute atomic E-state index is 12.5. The minimum absolute atomic E-state index is 0.181. The molecule has 0 unspecified atom stereocenters. The summed E-state index contributed by atoms with van der Waals surface area (Å²) >= 11 is 5.57. The number of aromatic hydroxyl groups is 1. The second kappa shape index (κ2) is 6.89. The Balaban J connectivity index is 1.48. The van der Waals surface area contributed by atoms with Crippen molar-refractivity contribution in [1.29, 1.82) is 0 Å². The number of carbonyl (C=O) groups excluding carboxylic acids is 1. The summed E-state index contributed by atoms with van der Waals surface area (Å²) in [5.41, 5.74) is 2.08. The number of nitrogens with zero attached hydrogens (tertiary/aromatic N) is 4. The standard InChI is InChI=1S/C17H13N5O3S2/c1-22(13-7-6-11-15(20-13)27-17(26)19-11)16(24)18-10-4-2-9(3-5-10)12-8-14(23)21-25-12/h2-8H,1H3,(H,18,24)(H,19,26)(H,21,23). The van der Waals surface area contributed by atoms with Gasteiger partial charge in [-0.25, -0.2) is 14.8 Å². The number of anilines is 2. The van der Waals surface area contributed by atoms with Crippen molar-refractivity contribution >= 4 is 51.8 Å². The van der Waals surface area contributed by atoms with E-state index >= 15 is 0 Å². The predicted molar refractivity (Wildman–Crippen MR) is 106 cm³/mol. The maximum atomic E-state index is 12.5. The van der Waals surface area contributed by atoms with Crippen molar-refractivity contribution in [1.82, 2.24) is 15.1 Å². The molecule has 4 aromatic rings. The van der Waals surface area contributed by atoms with Crippen molar-refractivity contribution in [2.24, 2.45) is 0 Å². The SMILES string of the molecule is CN(C(=O)Nc1ccc(-c2cc(O)no2)cc1)c1ccc2nc(S)sc2n1. The molecule has 0 aliphatic rings. The van der Waals surface area contributed by atoms with E-state index < -0.39 is 0 Å². The van der Waals surface area contributed by atoms with Crippen LogP contribution < -0.4 is 10.2 Å². The van der Waals surface area contributed by atoms with Gasteiger partial charge in [0.25, 0.3) is 5.88 Å². The first-order valence-corrected chi connectivity index (χ1v) is 9.03. The number of urea groups is 1. The number of hydrogen-bond donors (Lipinski definition) is 3. The monoisotopic (exact) mass is 399 g/mol. The highest BCUT2D eigenvalue weighted by atomic mass is 32.2. The average Bonchev–Trinajstić information content (AvgIpc) is 3.25. The Hall–Kier alpha value is -3.11. The van der Waals surface area contributed by atoms with Gasteiger partial charge in [-0.1, -0.05) is 11.3 Å². The number of thiol groups is 1. The van der Waals surface area contributed by atoms with Crippen molar-refractivity contribution in [3.05, 3.63) is 42.5 Å². The fraction of sp³-hybridized carbons (Fsp3) is 0.0588. The van der Waals surface area contributed by atoms with Crippen molar-refractivity contribution in [2.75, 3.05) is 17.3 Å². The molecule has 0 radical (unpaired) electrons. The molecule has 0 fully saturated rings. The first-order valence-electron chi connectivity index (χ1n) is 7.77. The molecule has 0 aliphatic heterocycles. The van der Waals surface area contributed by atoms with Gasteiger partial charge < -0.3 is 14.9 Å². The van der Waals surface area contributed by atoms with Crippen LogP contribution in [0.2, 0.25) is 0 Å². The number of rotatable bonds is 3. The van der Waals surface area contributed by atoms with E-state index in [2.05, 4.69) is 33.1 Å². The second-order valence-electron chi connectivity index (χ2n) is 5.61. The molecule has 3 heterocycles. The fourth-order valence-electron chi connectivity index (χ4n) is 2.41. The Morgan fingerprint density at radius 2 is 2.00 bits per heavy atom. The zero-order valence-electron chi connectivity index (χ0n) is 13.9. The largest absolute Gasteiger partial charge is 0.491 e. The zero-order chi connectivity index (χ0) is 19.0. The molecule has 0 saturated heterocycles. The molecule has 0 saturated carbocycles. The van der Waals surface area contributed by atoms with E-state index in [4.69, 9.17) is 4.52 Å². The third kappa shape index (κ3) is 3.57. The molecule has 3 aromatic heterocycles. The Labute approximate surface area is 162 Å². The van der Waals surface area contributed by atoms with Crippen LogP contribution in [0.15, 0.2) is 51.3 Å². The molecule has 1 aromatic carbocycles. The van der Waals surface area contributed by atoms with Gasteiger partial charge in [-0.3, -0.25) is 4.90 Å². The molecular weight excluding hydrogens is 386 g/mol. The third-order valence-corrected chi connectivity index (χ3v) is 4.94. The van der Waals surface area contributed by atoms with Gasteiger partial charge >= 0.3 is 6.03 Å². The normalized spacial score (nSPS) is 10.9. The number of fused-ring (bicyclic) bond motifs is 1. The number of nitrogens with one attached hydrogen (secondary N) is 1. The topological polar surface area (TPSA) is 104 Å². The fourth-order valence-corrected chi connectivity index (χ4v) is 3.46. The van der Waals surface area contributed by atoms with Gasteiger partial charge in [0.2, 0.25) is 0 Å². The van der Waals surface area contributed by atoms with Crippen molar-refractivity contribution < 1.29 is 14.4 Å². The highest BCUT2D eigenvalue weighted by molar-refractivity contribution is 7.82. The van der Waals surface area contributed by atoms with Crippen LogP contribution in [-0.2, 0) is 0 Å². The lowest BCUT2D eigenvalue weighted by molar-refractivity contribution is 0.258. The average molecular weight is 399 g/mol. The number of benzene rings is 1. The lowest BCUT2D eigenvalue weighted by Gasteiger charge is -2.17. The van der Waals surface area contributed by atoms with Crippen LogP contribution in [0.25, 0.3) is 21.7 Å². The van der Waals surface area contributed by atoms with Gasteiger partial charge in [0, 0.05) is 24.4 Å². The minimum Gasteiger partial charge on any atom is -0.491 e. The molecule has 0 atom stereocenters. The summed E-state index contributed by atoms with van der Waals surface area (Å²) in [7, 11) is 1.64. The summed E-state index contributed by atoms with van der Waals surface area (Å²) in [6.07, 6.45) is 0. The van der Waals surface area contributed by atoms with Gasteiger partial charge in [-0.2, -0.15) is 0 Å². The van der Waals surface area contributed by atoms with Crippen molar-refractivity contribution in [3.63, 3.8) is 0 Å². The van der Waals surface area contributed by atoms with Gasteiger partial charge in [-0.05, 0) is 41.6 Å². The lowest BCUT2D eigenvalue weighted by atomic mass is 10.1. The van der Waals surface area contributed by atoms with E-state index in [1.165, 1.54) is 22.3 Å². The Morgan fingerprint density at radius 1 is 1.22 bits per heavy atom. The van der Waals surface area contributed by atoms with Crippen LogP contribution in [0, 0.1) is 0 Å². The molecule has 8 nitrogen and oxygen atoms in total. The molecule has 0 spiro atoms. The summed E-state index contributed by atoms with van der Waals surface area (Å²) in [6.45, 7) is 0. The minimum atomic E-state index is -0.331. The number of amides is 2. The Bertz CT molecular complexity index is 1120. The first-order chi connectivity index (χ1) is 13.0. The molecule has 10 heteroatoms. The van der Waals surface area contributed by atoms with E-state index in [0.717, 1.165) is 15.9 Å². The van der Waals surface area contributed by atoms with Crippen LogP contribution >= 0.6 is 24.0 Å². The number of thiazole rings is 1. The van der Waals surface area contributed by atoms with Gasteiger partial charge in [0.15, 0.2) is 5.76 Å². The van der Waals surface area contributed by atoms with Gasteiger partial charge in [-0.15, -0.1) is 12.6 Å². The molecule has 2 amide bonds. The number of aromatic nitrogens is 3. The van der Waals surface area contributed by atoms with Crippen molar-refractivity contribution in [2.45, 2.75) is 4.34 Å². The van der Waals surface area contributed by atoms with Crippen LogP contribution in [0.1, 0.15) is 0 Å². The van der Waals surface area contributed by atoms with Crippen LogP contribution in [0.4, 0.5) is 16.3 Å². The molecular formula is C17H13N5O3S2. The maximum Gasteiger partial charge on any atom is 0.327 e. The van der Waals surface area contributed by atoms with Crippen molar-refractivity contribution in [3.8, 4) is 17.2 Å². The lowest BCUT2D eigenvalue weighted by Crippen LogP contribution is -2.31. The second-order valence-corrected chi connectivity index (χ2v) is 7.31. The highest BCUT2D eigenvalue weighted by Gasteiger charge is 2.14. The van der Waals surface area contributed by atoms with Gasteiger partial charge in [0.1, 0.15) is 20.5 Å². The number of carbonyl (C=O) groups is 1. The third-order valence-electron chi connectivity index (χ3n) is 3.80. The van der Waals surface area contributed by atoms with E-state index in [1.54, 1.807) is 43.4 Å². The van der Waals surface area contributed by atoms with E-state index in [0.29, 0.717) is 21.6 Å². The first kappa shape index (κ1) is 17.3. The molecule has 136 valence electrons. The molecule has 0 aliphatic carbocycles. The summed E-state index contributed by atoms with van der Waals surface area (Å²) in [4.78, 5) is 23.3. The van der Waals surface area contributed by atoms with Crippen LogP contribution in [0.5, 0.6) is 5.88 Å². The Morgan fingerprint density at radius 3 is 2.70 bits per heavy atom. The molecule has 2 N–H and O–H groups in total. The smallest absolute Gasteiger partial charge is 0.327 e. The Kier molecular flexibility index (Phi) is 4.42. The number of hydrogen-bond acceptors (Lipinski definition) is 8. The molecule has 0 bridgehead atoms. The zero-order valence-corrected chi connectivity index (χ0v) is 15.7. The predicted octanol–water partition coefficient (Wildman–Crippen LogP) is 4.01. The quantitative estimate of drug-likeness (QED) is 0.450. The van der Waals surface area contributed by atoms with E-state index in [-0.39, 0.29) is 11.9 Å². The molecule has 27 heavy (non-hydrogen) atoms.